The van der Waals surface area contributed by atoms with Crippen LogP contribution in [0.2, 0.25) is 5.02 Å². The molecule has 0 aliphatic rings. The van der Waals surface area contributed by atoms with Gasteiger partial charge in [-0.3, -0.25) is 4.79 Å². The van der Waals surface area contributed by atoms with Gasteiger partial charge in [0.2, 0.25) is 0 Å². The highest BCUT2D eigenvalue weighted by Crippen LogP contribution is 2.30. The van der Waals surface area contributed by atoms with Crippen LogP contribution in [0.15, 0.2) is 64.8 Å². The molecule has 0 unspecified atom stereocenters. The number of halogens is 1. The fourth-order valence-electron chi connectivity index (χ4n) is 3.03. The lowest BCUT2D eigenvalue weighted by Gasteiger charge is -2.14. The average molecular weight is 396 g/mol. The SMILES string of the molecule is C[C@@H](NCc1nc2scc(-c3ccccc3)c2c(=O)[nH]1)c1ccc(Cl)cc1. The molecule has 1 atom stereocenters. The maximum Gasteiger partial charge on any atom is 0.260 e. The quantitative estimate of drug-likeness (QED) is 0.491. The number of nitrogens with zero attached hydrogens (tertiary/aromatic N) is 1. The molecule has 0 bridgehead atoms. The summed E-state index contributed by atoms with van der Waals surface area (Å²) >= 11 is 7.44. The Hall–Kier alpha value is -2.47. The summed E-state index contributed by atoms with van der Waals surface area (Å²) in [6.45, 7) is 2.55. The molecule has 0 saturated carbocycles. The molecular weight excluding hydrogens is 378 g/mol. The zero-order valence-electron chi connectivity index (χ0n) is 14.7. The van der Waals surface area contributed by atoms with Crippen molar-refractivity contribution in [2.75, 3.05) is 0 Å². The minimum absolute atomic E-state index is 0.101. The summed E-state index contributed by atoms with van der Waals surface area (Å²) in [5, 5.41) is 6.76. The number of rotatable bonds is 5. The van der Waals surface area contributed by atoms with Gasteiger partial charge in [-0.15, -0.1) is 11.3 Å². The maximum absolute atomic E-state index is 12.7. The van der Waals surface area contributed by atoms with Crippen molar-refractivity contribution in [3.63, 3.8) is 0 Å². The van der Waals surface area contributed by atoms with Crippen LogP contribution in [0.4, 0.5) is 0 Å². The van der Waals surface area contributed by atoms with E-state index in [9.17, 15) is 4.79 Å². The zero-order valence-corrected chi connectivity index (χ0v) is 16.3. The molecule has 4 rings (SSSR count). The Kier molecular flexibility index (Phi) is 5.07. The van der Waals surface area contributed by atoms with Crippen LogP contribution >= 0.6 is 22.9 Å². The molecule has 0 spiro atoms. The van der Waals surface area contributed by atoms with Gasteiger partial charge >= 0.3 is 0 Å². The van der Waals surface area contributed by atoms with Crippen LogP contribution in [0.25, 0.3) is 21.3 Å². The van der Waals surface area contributed by atoms with E-state index in [1.807, 2.05) is 60.0 Å². The minimum atomic E-state index is -0.101. The molecule has 0 radical (unpaired) electrons. The molecule has 4 aromatic rings. The summed E-state index contributed by atoms with van der Waals surface area (Å²) < 4.78 is 0. The molecule has 2 N–H and O–H groups in total. The summed E-state index contributed by atoms with van der Waals surface area (Å²) in [6, 6.07) is 17.8. The van der Waals surface area contributed by atoms with Gasteiger partial charge in [-0.1, -0.05) is 54.1 Å². The minimum Gasteiger partial charge on any atom is -0.309 e. The zero-order chi connectivity index (χ0) is 18.8. The summed E-state index contributed by atoms with van der Waals surface area (Å²) in [5.74, 6) is 0.634. The van der Waals surface area contributed by atoms with E-state index in [1.165, 1.54) is 11.3 Å². The number of hydrogen-bond donors (Lipinski definition) is 2. The Balaban J connectivity index is 1.57. The molecule has 2 aromatic heterocycles. The Morgan fingerprint density at radius 2 is 1.89 bits per heavy atom. The maximum atomic E-state index is 12.7. The van der Waals surface area contributed by atoms with Gasteiger partial charge in [-0.05, 0) is 30.2 Å². The number of H-pyrrole nitrogens is 1. The van der Waals surface area contributed by atoms with Crippen LogP contribution in [0.5, 0.6) is 0 Å². The molecule has 0 saturated heterocycles. The smallest absolute Gasteiger partial charge is 0.260 e. The highest BCUT2D eigenvalue weighted by Gasteiger charge is 2.13. The molecule has 2 aromatic carbocycles. The van der Waals surface area contributed by atoms with Crippen LogP contribution < -0.4 is 10.9 Å². The third kappa shape index (κ3) is 3.81. The molecule has 136 valence electrons. The van der Waals surface area contributed by atoms with E-state index in [4.69, 9.17) is 11.6 Å². The van der Waals surface area contributed by atoms with E-state index in [0.717, 1.165) is 21.5 Å². The molecule has 0 aliphatic carbocycles. The first kappa shape index (κ1) is 17.9. The van der Waals surface area contributed by atoms with Gasteiger partial charge in [0.1, 0.15) is 10.7 Å². The Morgan fingerprint density at radius 3 is 2.63 bits per heavy atom. The first-order valence-corrected chi connectivity index (χ1v) is 9.92. The van der Waals surface area contributed by atoms with Crippen LogP contribution in [-0.4, -0.2) is 9.97 Å². The van der Waals surface area contributed by atoms with Crippen molar-refractivity contribution in [1.29, 1.82) is 0 Å². The molecule has 4 nitrogen and oxygen atoms in total. The second-order valence-corrected chi connectivity index (χ2v) is 7.66. The second kappa shape index (κ2) is 7.64. The standard InChI is InChI=1S/C21H18ClN3OS/c1-13(14-7-9-16(22)10-8-14)23-11-18-24-20(26)19-17(12-27-21(19)25-18)15-5-3-2-4-6-15/h2-10,12-13,23H,11H2,1H3,(H,24,25,26)/t13-/m1/s1. The van der Waals surface area contributed by atoms with Crippen LogP contribution in [0.3, 0.4) is 0 Å². The van der Waals surface area contributed by atoms with E-state index >= 15 is 0 Å². The summed E-state index contributed by atoms with van der Waals surface area (Å²) in [7, 11) is 0. The first-order valence-electron chi connectivity index (χ1n) is 8.66. The van der Waals surface area contributed by atoms with Crippen molar-refractivity contribution in [2.45, 2.75) is 19.5 Å². The largest absolute Gasteiger partial charge is 0.309 e. The Bertz CT molecular complexity index is 1120. The average Bonchev–Trinajstić information content (AvgIpc) is 3.12. The number of aromatic nitrogens is 2. The lowest BCUT2D eigenvalue weighted by Crippen LogP contribution is -2.22. The van der Waals surface area contributed by atoms with Gasteiger partial charge in [-0.25, -0.2) is 4.98 Å². The molecule has 6 heteroatoms. The van der Waals surface area contributed by atoms with Gasteiger partial charge in [0, 0.05) is 22.0 Å². The number of hydrogen-bond acceptors (Lipinski definition) is 4. The van der Waals surface area contributed by atoms with E-state index in [-0.39, 0.29) is 11.6 Å². The highest BCUT2D eigenvalue weighted by atomic mass is 35.5. The topological polar surface area (TPSA) is 57.8 Å². The van der Waals surface area contributed by atoms with E-state index in [2.05, 4.69) is 22.2 Å². The van der Waals surface area contributed by atoms with E-state index < -0.39 is 0 Å². The van der Waals surface area contributed by atoms with Crippen LogP contribution in [0.1, 0.15) is 24.4 Å². The van der Waals surface area contributed by atoms with Gasteiger partial charge in [0.25, 0.3) is 5.56 Å². The van der Waals surface area contributed by atoms with E-state index in [0.29, 0.717) is 22.8 Å². The van der Waals surface area contributed by atoms with Crippen LogP contribution in [0, 0.1) is 0 Å². The number of aromatic amines is 1. The third-order valence-electron chi connectivity index (χ3n) is 4.52. The fourth-order valence-corrected chi connectivity index (χ4v) is 4.12. The fraction of sp³-hybridized carbons (Fsp3) is 0.143. The molecule has 0 amide bonds. The van der Waals surface area contributed by atoms with Gasteiger partial charge in [0.05, 0.1) is 11.9 Å². The van der Waals surface area contributed by atoms with Gasteiger partial charge in [0.15, 0.2) is 0 Å². The first-order chi connectivity index (χ1) is 13.1. The molecule has 27 heavy (non-hydrogen) atoms. The Morgan fingerprint density at radius 1 is 1.15 bits per heavy atom. The monoisotopic (exact) mass is 395 g/mol. The number of fused-ring (bicyclic) bond motifs is 1. The predicted molar refractivity (Wildman–Crippen MR) is 112 cm³/mol. The van der Waals surface area contributed by atoms with Crippen molar-refractivity contribution in [3.05, 3.63) is 86.7 Å². The van der Waals surface area contributed by atoms with Crippen molar-refractivity contribution < 1.29 is 0 Å². The second-order valence-electron chi connectivity index (χ2n) is 6.36. The van der Waals surface area contributed by atoms with E-state index in [1.54, 1.807) is 0 Å². The van der Waals surface area contributed by atoms with Gasteiger partial charge < -0.3 is 10.3 Å². The molecule has 0 aliphatic heterocycles. The van der Waals surface area contributed by atoms with Crippen molar-refractivity contribution >= 4 is 33.2 Å². The lowest BCUT2D eigenvalue weighted by atomic mass is 10.1. The van der Waals surface area contributed by atoms with Crippen molar-refractivity contribution in [3.8, 4) is 11.1 Å². The number of nitrogens with one attached hydrogen (secondary N) is 2. The van der Waals surface area contributed by atoms with Crippen LogP contribution in [-0.2, 0) is 6.54 Å². The number of benzene rings is 2. The lowest BCUT2D eigenvalue weighted by molar-refractivity contribution is 0.559. The Labute approximate surface area is 165 Å². The van der Waals surface area contributed by atoms with Crippen molar-refractivity contribution in [1.82, 2.24) is 15.3 Å². The summed E-state index contributed by atoms with van der Waals surface area (Å²) in [5.41, 5.74) is 2.98. The highest BCUT2D eigenvalue weighted by molar-refractivity contribution is 7.17. The van der Waals surface area contributed by atoms with Gasteiger partial charge in [-0.2, -0.15) is 0 Å². The number of thiophene rings is 1. The normalized spacial score (nSPS) is 12.4. The third-order valence-corrected chi connectivity index (χ3v) is 5.65. The predicted octanol–water partition coefficient (Wildman–Crippen LogP) is 5.16. The van der Waals surface area contributed by atoms with Crippen molar-refractivity contribution in [2.24, 2.45) is 0 Å². The summed E-state index contributed by atoms with van der Waals surface area (Å²) in [6.07, 6.45) is 0. The molecule has 0 fully saturated rings. The molecular formula is C21H18ClN3OS. The summed E-state index contributed by atoms with van der Waals surface area (Å²) in [4.78, 5) is 21.0. The molecule has 2 heterocycles.